The molecule has 0 radical (unpaired) electrons. The Morgan fingerprint density at radius 1 is 0.591 bits per heavy atom. The number of benzene rings is 3. The van der Waals surface area contributed by atoms with Gasteiger partial charge in [0.1, 0.15) is 0 Å². The summed E-state index contributed by atoms with van der Waals surface area (Å²) in [6.07, 6.45) is 0. The first-order valence-electron chi connectivity index (χ1n) is 7.05. The second-order valence-corrected chi connectivity index (χ2v) is 8.92. The molecule has 0 aromatic heterocycles. The van der Waals surface area contributed by atoms with Crippen molar-refractivity contribution < 1.29 is 8.78 Å². The Morgan fingerprint density at radius 2 is 0.909 bits per heavy atom. The summed E-state index contributed by atoms with van der Waals surface area (Å²) >= 11 is 0. The van der Waals surface area contributed by atoms with E-state index in [0.717, 1.165) is 15.6 Å². The predicted molar refractivity (Wildman–Crippen MR) is 92.7 cm³/mol. The molecule has 3 aromatic carbocycles. The molecule has 0 atom stereocenters. The van der Waals surface area contributed by atoms with E-state index in [1.807, 2.05) is 54.6 Å². The molecule has 0 saturated carbocycles. The zero-order valence-electron chi connectivity index (χ0n) is 11.9. The average molecular weight is 322 g/mol. The maximum absolute atomic E-state index is 11.5. The molecule has 3 rings (SSSR count). The van der Waals surface area contributed by atoms with Crippen LogP contribution < -0.4 is 15.6 Å². The van der Waals surface area contributed by atoms with Gasteiger partial charge in [-0.25, -0.2) is 4.57 Å². The van der Waals surface area contributed by atoms with Crippen LogP contribution in [0.2, 0.25) is 0 Å². The van der Waals surface area contributed by atoms with Crippen LogP contribution >= 0.6 is 8.69 Å². The molecule has 0 aliphatic heterocycles. The van der Waals surface area contributed by atoms with Crippen LogP contribution in [0.4, 0.5) is 0 Å². The SMILES string of the molecule is O=PO[Si](c1ccccc1)(c1ccccc1)c1ccccc1. The first kappa shape index (κ1) is 14.9. The van der Waals surface area contributed by atoms with Crippen LogP contribution in [0.5, 0.6) is 0 Å². The lowest BCUT2D eigenvalue weighted by molar-refractivity contribution is 0.532. The van der Waals surface area contributed by atoms with Gasteiger partial charge in [0.2, 0.25) is 0 Å². The van der Waals surface area contributed by atoms with Crippen molar-refractivity contribution in [2.45, 2.75) is 0 Å². The fourth-order valence-electron chi connectivity index (χ4n) is 2.73. The lowest BCUT2D eigenvalue weighted by Gasteiger charge is -2.29. The van der Waals surface area contributed by atoms with Gasteiger partial charge in [0.25, 0.3) is 0 Å². The molecule has 4 heteroatoms. The van der Waals surface area contributed by atoms with E-state index in [4.69, 9.17) is 4.21 Å². The molecule has 0 aliphatic rings. The zero-order valence-corrected chi connectivity index (χ0v) is 13.8. The van der Waals surface area contributed by atoms with Crippen molar-refractivity contribution in [3.8, 4) is 0 Å². The second-order valence-electron chi connectivity index (χ2n) is 4.95. The maximum atomic E-state index is 11.5. The van der Waals surface area contributed by atoms with Gasteiger partial charge in [-0.1, -0.05) is 91.0 Å². The summed E-state index contributed by atoms with van der Waals surface area (Å²) in [6, 6.07) is 30.2. The third-order valence-corrected chi connectivity index (χ3v) is 8.55. The monoisotopic (exact) mass is 322 g/mol. The van der Waals surface area contributed by atoms with Gasteiger partial charge in [-0.05, 0) is 15.6 Å². The normalized spacial score (nSPS) is 11.5. The number of rotatable bonds is 5. The topological polar surface area (TPSA) is 26.3 Å². The molecule has 0 aliphatic carbocycles. The van der Waals surface area contributed by atoms with Crippen molar-refractivity contribution in [1.82, 2.24) is 0 Å². The molecule has 0 bridgehead atoms. The highest BCUT2D eigenvalue weighted by Gasteiger charge is 2.42. The molecule has 0 amide bonds. The van der Waals surface area contributed by atoms with Crippen LogP contribution in [0.25, 0.3) is 0 Å². The Balaban J connectivity index is 2.31. The molecular formula is C18H15O2PSi. The highest BCUT2D eigenvalue weighted by atomic mass is 31.1. The third-order valence-electron chi connectivity index (χ3n) is 3.72. The van der Waals surface area contributed by atoms with Crippen LogP contribution in [-0.2, 0) is 8.78 Å². The van der Waals surface area contributed by atoms with E-state index in [1.165, 1.54) is 0 Å². The maximum Gasteiger partial charge on any atom is 0.317 e. The quantitative estimate of drug-likeness (QED) is 0.410. The minimum Gasteiger partial charge on any atom is -0.321 e. The molecule has 22 heavy (non-hydrogen) atoms. The van der Waals surface area contributed by atoms with E-state index in [1.54, 1.807) is 0 Å². The average Bonchev–Trinajstić information content (AvgIpc) is 2.62. The highest BCUT2D eigenvalue weighted by Crippen LogP contribution is 2.14. The second kappa shape index (κ2) is 6.80. The summed E-state index contributed by atoms with van der Waals surface area (Å²) in [5.74, 6) is 0. The van der Waals surface area contributed by atoms with Gasteiger partial charge in [0.15, 0.2) is 0 Å². The summed E-state index contributed by atoms with van der Waals surface area (Å²) in [4.78, 5) is 0. The van der Waals surface area contributed by atoms with E-state index in [9.17, 15) is 4.57 Å². The molecule has 0 fully saturated rings. The first-order valence-corrected chi connectivity index (χ1v) is 9.69. The molecule has 0 spiro atoms. The van der Waals surface area contributed by atoms with Crippen LogP contribution in [0, 0.1) is 0 Å². The van der Waals surface area contributed by atoms with Crippen molar-refractivity contribution in [1.29, 1.82) is 0 Å². The Bertz CT molecular complexity index is 636. The van der Waals surface area contributed by atoms with E-state index in [-0.39, 0.29) is 8.69 Å². The van der Waals surface area contributed by atoms with Crippen molar-refractivity contribution in [3.05, 3.63) is 91.0 Å². The fourth-order valence-corrected chi connectivity index (χ4v) is 7.43. The van der Waals surface area contributed by atoms with Crippen LogP contribution in [0.3, 0.4) is 0 Å². The largest absolute Gasteiger partial charge is 0.321 e. The standard InChI is InChI=1S/C18H15O2PSi/c19-21-20-22(16-10-4-1-5-11-16,17-12-6-2-7-13-17)18-14-8-3-9-15-18/h1-15H. The molecule has 0 unspecified atom stereocenters. The molecular weight excluding hydrogens is 307 g/mol. The first-order chi connectivity index (χ1) is 10.9. The van der Waals surface area contributed by atoms with Crippen LogP contribution in [-0.4, -0.2) is 8.32 Å². The smallest absolute Gasteiger partial charge is 0.317 e. The molecule has 3 aromatic rings. The molecule has 2 nitrogen and oxygen atoms in total. The van der Waals surface area contributed by atoms with Crippen LogP contribution in [0.1, 0.15) is 0 Å². The molecule has 0 saturated heterocycles. The van der Waals surface area contributed by atoms with Gasteiger partial charge in [0, 0.05) is 0 Å². The molecule has 108 valence electrons. The van der Waals surface area contributed by atoms with E-state index in [0.29, 0.717) is 0 Å². The van der Waals surface area contributed by atoms with Crippen molar-refractivity contribution in [3.63, 3.8) is 0 Å². The lowest BCUT2D eigenvalue weighted by Crippen LogP contribution is -2.68. The minimum absolute atomic E-state index is 0.299. The van der Waals surface area contributed by atoms with Gasteiger partial charge >= 0.3 is 17.0 Å². The lowest BCUT2D eigenvalue weighted by atomic mass is 10.3. The molecule has 0 N–H and O–H groups in total. The van der Waals surface area contributed by atoms with Crippen molar-refractivity contribution >= 4 is 32.6 Å². The van der Waals surface area contributed by atoms with Crippen molar-refractivity contribution in [2.75, 3.05) is 0 Å². The number of hydrogen-bond acceptors (Lipinski definition) is 2. The van der Waals surface area contributed by atoms with E-state index < -0.39 is 8.32 Å². The predicted octanol–water partition coefficient (Wildman–Crippen LogP) is 2.88. The Morgan fingerprint density at radius 3 is 1.18 bits per heavy atom. The summed E-state index contributed by atoms with van der Waals surface area (Å²) in [5.41, 5.74) is 0. The Labute approximate surface area is 132 Å². The van der Waals surface area contributed by atoms with Gasteiger partial charge < -0.3 is 4.21 Å². The van der Waals surface area contributed by atoms with E-state index >= 15 is 0 Å². The Hall–Kier alpha value is -2.06. The summed E-state index contributed by atoms with van der Waals surface area (Å²) in [6.45, 7) is 0. The van der Waals surface area contributed by atoms with Gasteiger partial charge in [-0.15, -0.1) is 0 Å². The Kier molecular flexibility index (Phi) is 4.59. The fraction of sp³-hybridized carbons (Fsp3) is 0. The summed E-state index contributed by atoms with van der Waals surface area (Å²) in [5, 5.41) is 3.24. The van der Waals surface area contributed by atoms with E-state index in [2.05, 4.69) is 36.4 Å². The van der Waals surface area contributed by atoms with Gasteiger partial charge in [0.05, 0.1) is 0 Å². The summed E-state index contributed by atoms with van der Waals surface area (Å²) in [7, 11) is -3.05. The highest BCUT2D eigenvalue weighted by molar-refractivity contribution is 7.25. The third kappa shape index (κ3) is 2.67. The minimum atomic E-state index is -2.75. The number of hydrogen-bond donors (Lipinski definition) is 0. The van der Waals surface area contributed by atoms with Crippen molar-refractivity contribution in [2.24, 2.45) is 0 Å². The summed E-state index contributed by atoms with van der Waals surface area (Å²) < 4.78 is 17.4. The van der Waals surface area contributed by atoms with Gasteiger partial charge in [-0.3, -0.25) is 0 Å². The zero-order chi connectivity index (χ0) is 15.3. The van der Waals surface area contributed by atoms with Crippen LogP contribution in [0.15, 0.2) is 91.0 Å². The van der Waals surface area contributed by atoms with Gasteiger partial charge in [-0.2, -0.15) is 0 Å². The molecule has 0 heterocycles.